The molecule has 7 nitrogen and oxygen atoms in total. The number of amides is 1. The van der Waals surface area contributed by atoms with Crippen LogP contribution in [0.5, 0.6) is 5.75 Å². The molecule has 2 aliphatic heterocycles. The molecule has 0 bridgehead atoms. The average Bonchev–Trinajstić information content (AvgIpc) is 3.50. The summed E-state index contributed by atoms with van der Waals surface area (Å²) in [6.45, 7) is 6.36. The largest absolute Gasteiger partial charge is 0.496 e. The molecular weight excluding hydrogens is 498 g/mol. The molecular formula is C33H39N5O2. The van der Waals surface area contributed by atoms with Crippen LogP contribution >= 0.6 is 0 Å². The number of carbonyl (C=O) groups excluding carboxylic acids is 1. The van der Waals surface area contributed by atoms with Crippen LogP contribution in [0.2, 0.25) is 0 Å². The first-order chi connectivity index (χ1) is 19.4. The van der Waals surface area contributed by atoms with Crippen LogP contribution in [0.3, 0.4) is 0 Å². The predicted molar refractivity (Wildman–Crippen MR) is 155 cm³/mol. The zero-order valence-corrected chi connectivity index (χ0v) is 23.6. The molecule has 2 N–H and O–H groups in total. The van der Waals surface area contributed by atoms with Gasteiger partial charge >= 0.3 is 0 Å². The quantitative estimate of drug-likeness (QED) is 0.460. The molecule has 208 valence electrons. The summed E-state index contributed by atoms with van der Waals surface area (Å²) in [5.41, 5.74) is 6.03. The second-order valence-corrected chi connectivity index (χ2v) is 12.9. The maximum atomic E-state index is 13.4. The number of H-pyrrole nitrogens is 1. The number of piperidine rings is 1. The van der Waals surface area contributed by atoms with E-state index in [1.165, 1.54) is 40.4 Å². The van der Waals surface area contributed by atoms with Gasteiger partial charge in [-0.2, -0.15) is 5.26 Å². The summed E-state index contributed by atoms with van der Waals surface area (Å²) in [4.78, 5) is 21.4. The van der Waals surface area contributed by atoms with Crippen molar-refractivity contribution in [3.8, 4) is 11.8 Å². The van der Waals surface area contributed by atoms with Crippen molar-refractivity contribution < 1.29 is 9.53 Å². The Morgan fingerprint density at radius 3 is 2.65 bits per heavy atom. The van der Waals surface area contributed by atoms with Gasteiger partial charge in [0.1, 0.15) is 5.75 Å². The fraction of sp³-hybridized carbons (Fsp3) is 0.515. The van der Waals surface area contributed by atoms with Crippen LogP contribution in [-0.4, -0.2) is 59.5 Å². The van der Waals surface area contributed by atoms with Crippen molar-refractivity contribution in [3.63, 3.8) is 0 Å². The molecule has 1 atom stereocenters. The first kappa shape index (κ1) is 25.6. The number of ether oxygens (including phenoxy) is 1. The Labute approximate surface area is 236 Å². The monoisotopic (exact) mass is 537 g/mol. The SMILES string of the molecule is COc1cc(C)c2[nH]ccc2c1CN1CCC2(CC(C#N)C2)CC1c1ccc(C(=O)N2CCNC3(CC3)C2)cc1. The molecule has 3 aromatic rings. The summed E-state index contributed by atoms with van der Waals surface area (Å²) >= 11 is 0. The van der Waals surface area contributed by atoms with E-state index >= 15 is 0 Å². The van der Waals surface area contributed by atoms with Crippen molar-refractivity contribution in [2.45, 2.75) is 63.6 Å². The lowest BCUT2D eigenvalue weighted by Gasteiger charge is -2.53. The average molecular weight is 538 g/mol. The van der Waals surface area contributed by atoms with Crippen molar-refractivity contribution in [2.24, 2.45) is 11.3 Å². The molecule has 40 heavy (non-hydrogen) atoms. The number of rotatable bonds is 5. The number of methoxy groups -OCH3 is 1. The van der Waals surface area contributed by atoms with Crippen molar-refractivity contribution in [2.75, 3.05) is 33.3 Å². The molecule has 1 aromatic heterocycles. The number of benzene rings is 2. The number of likely N-dealkylation sites (tertiary alicyclic amines) is 1. The van der Waals surface area contributed by atoms with Gasteiger partial charge < -0.3 is 19.9 Å². The summed E-state index contributed by atoms with van der Waals surface area (Å²) in [6, 6.07) is 15.5. The highest BCUT2D eigenvalue weighted by Crippen LogP contribution is 2.57. The van der Waals surface area contributed by atoms with E-state index in [0.717, 1.165) is 69.7 Å². The van der Waals surface area contributed by atoms with Crippen molar-refractivity contribution in [1.29, 1.82) is 5.26 Å². The number of nitrogens with zero attached hydrogens (tertiary/aromatic N) is 3. The Balaban J connectivity index is 1.17. The molecule has 1 unspecified atom stereocenters. The van der Waals surface area contributed by atoms with E-state index in [1.807, 2.05) is 23.2 Å². The van der Waals surface area contributed by atoms with Crippen LogP contribution in [0.25, 0.3) is 10.9 Å². The van der Waals surface area contributed by atoms with Gasteiger partial charge in [0.15, 0.2) is 0 Å². The summed E-state index contributed by atoms with van der Waals surface area (Å²) < 4.78 is 5.88. The fourth-order valence-electron chi connectivity index (χ4n) is 7.77. The van der Waals surface area contributed by atoms with Crippen LogP contribution in [0.1, 0.15) is 71.6 Å². The zero-order valence-electron chi connectivity index (χ0n) is 23.6. The van der Waals surface area contributed by atoms with Crippen LogP contribution < -0.4 is 10.1 Å². The van der Waals surface area contributed by atoms with Gasteiger partial charge in [0.2, 0.25) is 0 Å². The highest BCUT2D eigenvalue weighted by Gasteiger charge is 2.49. The number of aryl methyl sites for hydroxylation is 1. The minimum Gasteiger partial charge on any atom is -0.496 e. The van der Waals surface area contributed by atoms with E-state index in [4.69, 9.17) is 4.74 Å². The minimum absolute atomic E-state index is 0.145. The van der Waals surface area contributed by atoms with Crippen molar-refractivity contribution in [1.82, 2.24) is 20.1 Å². The Kier molecular flexibility index (Phi) is 6.17. The van der Waals surface area contributed by atoms with Crippen molar-refractivity contribution in [3.05, 3.63) is 64.8 Å². The van der Waals surface area contributed by atoms with Gasteiger partial charge in [0.25, 0.3) is 5.91 Å². The molecule has 2 spiro atoms. The van der Waals surface area contributed by atoms with Gasteiger partial charge in [-0.3, -0.25) is 9.69 Å². The number of fused-ring (bicyclic) bond motifs is 1. The number of aromatic nitrogens is 1. The van der Waals surface area contributed by atoms with E-state index < -0.39 is 0 Å². The van der Waals surface area contributed by atoms with Gasteiger partial charge in [-0.1, -0.05) is 12.1 Å². The van der Waals surface area contributed by atoms with Gasteiger partial charge in [-0.15, -0.1) is 0 Å². The maximum absolute atomic E-state index is 13.4. The third-order valence-electron chi connectivity index (χ3n) is 10.3. The molecule has 2 saturated heterocycles. The molecule has 2 aliphatic carbocycles. The fourth-order valence-corrected chi connectivity index (χ4v) is 7.77. The Hall–Kier alpha value is -3.34. The van der Waals surface area contributed by atoms with Crippen LogP contribution in [-0.2, 0) is 6.54 Å². The number of carbonyl (C=O) groups is 1. The molecule has 0 radical (unpaired) electrons. The van der Waals surface area contributed by atoms with Crippen LogP contribution in [0.15, 0.2) is 42.6 Å². The molecule has 4 fully saturated rings. The third-order valence-corrected chi connectivity index (χ3v) is 10.3. The Bertz CT molecular complexity index is 1470. The normalized spacial score (nSPS) is 27.5. The maximum Gasteiger partial charge on any atom is 0.253 e. The van der Waals surface area contributed by atoms with Crippen LogP contribution in [0.4, 0.5) is 0 Å². The lowest BCUT2D eigenvalue weighted by Crippen LogP contribution is -2.54. The summed E-state index contributed by atoms with van der Waals surface area (Å²) in [5, 5.41) is 14.3. The van der Waals surface area contributed by atoms with E-state index in [-0.39, 0.29) is 28.8 Å². The van der Waals surface area contributed by atoms with Gasteiger partial charge in [0, 0.05) is 71.9 Å². The van der Waals surface area contributed by atoms with E-state index in [2.05, 4.69) is 52.5 Å². The molecule has 7 rings (SSSR count). The predicted octanol–water partition coefficient (Wildman–Crippen LogP) is 5.32. The summed E-state index contributed by atoms with van der Waals surface area (Å²) in [5.74, 6) is 1.27. The number of nitrogens with one attached hydrogen (secondary N) is 2. The van der Waals surface area contributed by atoms with Crippen molar-refractivity contribution >= 4 is 16.8 Å². The Morgan fingerprint density at radius 1 is 1.12 bits per heavy atom. The molecule has 1 amide bonds. The van der Waals surface area contributed by atoms with E-state index in [0.29, 0.717) is 0 Å². The summed E-state index contributed by atoms with van der Waals surface area (Å²) in [6.07, 6.45) is 8.52. The lowest BCUT2D eigenvalue weighted by molar-refractivity contribution is -0.0298. The van der Waals surface area contributed by atoms with Gasteiger partial charge in [-0.25, -0.2) is 0 Å². The minimum atomic E-state index is 0.145. The van der Waals surface area contributed by atoms with E-state index in [1.54, 1.807) is 7.11 Å². The third kappa shape index (κ3) is 4.38. The standard InChI is InChI=1S/C33H39N5O2/c1-22-15-29(40-2)27(26-7-11-35-30(22)26)20-37-13-10-32(16-23(17-32)19-34)18-28(37)24-3-5-25(6-4-24)31(39)38-14-12-36-33(21-38)8-9-33/h3-7,11,15,23,28,35-36H,8-10,12-14,16-18,20-21H2,1-2H3. The zero-order chi connectivity index (χ0) is 27.5. The molecule has 3 heterocycles. The first-order valence-corrected chi connectivity index (χ1v) is 14.8. The number of hydrogen-bond acceptors (Lipinski definition) is 5. The first-order valence-electron chi connectivity index (χ1n) is 14.8. The number of piperazine rings is 1. The highest BCUT2D eigenvalue weighted by molar-refractivity contribution is 5.94. The molecule has 2 aromatic carbocycles. The van der Waals surface area contributed by atoms with Gasteiger partial charge in [-0.05, 0) is 92.8 Å². The number of nitriles is 1. The Morgan fingerprint density at radius 2 is 1.93 bits per heavy atom. The summed E-state index contributed by atoms with van der Waals surface area (Å²) in [7, 11) is 1.76. The highest BCUT2D eigenvalue weighted by atomic mass is 16.5. The smallest absolute Gasteiger partial charge is 0.253 e. The number of aromatic amines is 1. The lowest BCUT2D eigenvalue weighted by atomic mass is 9.56. The molecule has 7 heteroatoms. The van der Waals surface area contributed by atoms with Crippen LogP contribution in [0, 0.1) is 29.6 Å². The second kappa shape index (κ2) is 9.64. The topological polar surface area (TPSA) is 84.4 Å². The number of hydrogen-bond donors (Lipinski definition) is 2. The molecule has 2 saturated carbocycles. The second-order valence-electron chi connectivity index (χ2n) is 12.9. The molecule has 4 aliphatic rings. The van der Waals surface area contributed by atoms with E-state index in [9.17, 15) is 10.1 Å². The van der Waals surface area contributed by atoms with Gasteiger partial charge in [0.05, 0.1) is 13.2 Å².